The highest BCUT2D eigenvalue weighted by Gasteiger charge is 2.33. The lowest BCUT2D eigenvalue weighted by Gasteiger charge is -2.24. The number of amides is 1. The summed E-state index contributed by atoms with van der Waals surface area (Å²) in [4.78, 5) is 14.7. The van der Waals surface area contributed by atoms with Crippen LogP contribution in [0.3, 0.4) is 0 Å². The molecule has 1 fully saturated rings. The van der Waals surface area contributed by atoms with Crippen LogP contribution in [0.2, 0.25) is 0 Å². The van der Waals surface area contributed by atoms with E-state index in [9.17, 15) is 4.79 Å². The third kappa shape index (κ3) is 4.68. The monoisotopic (exact) mass is 385 g/mol. The molecule has 1 saturated carbocycles. The predicted molar refractivity (Wildman–Crippen MR) is 106 cm³/mol. The van der Waals surface area contributed by atoms with E-state index in [0.717, 1.165) is 24.0 Å². The van der Waals surface area contributed by atoms with Gasteiger partial charge in [-0.05, 0) is 49.6 Å². The van der Waals surface area contributed by atoms with Gasteiger partial charge in [-0.1, -0.05) is 17.7 Å². The van der Waals surface area contributed by atoms with Crippen LogP contribution in [0.4, 0.5) is 0 Å². The Hall–Kier alpha value is -2.89. The van der Waals surface area contributed by atoms with Crippen LogP contribution in [-0.2, 0) is 11.3 Å². The average Bonchev–Trinajstić information content (AvgIpc) is 3.55. The molecule has 2 aromatic carbocycles. The fourth-order valence-corrected chi connectivity index (χ4v) is 3.09. The number of aryl methyl sites for hydroxylation is 1. The first kappa shape index (κ1) is 19.9. The Morgan fingerprint density at radius 3 is 2.11 bits per heavy atom. The van der Waals surface area contributed by atoms with Gasteiger partial charge in [-0.25, -0.2) is 0 Å². The summed E-state index contributed by atoms with van der Waals surface area (Å²) < 4.78 is 21.9. The van der Waals surface area contributed by atoms with Crippen LogP contribution in [0.1, 0.15) is 24.0 Å². The SMILES string of the molecule is COc1cc(CN(C(=O)COc2ccc(C)cc2)C2CC2)cc(OC)c1OC. The number of carbonyl (C=O) groups excluding carboxylic acids is 1. The molecular formula is C22H27NO5. The topological polar surface area (TPSA) is 57.2 Å². The van der Waals surface area contributed by atoms with Gasteiger partial charge in [-0.2, -0.15) is 0 Å². The van der Waals surface area contributed by atoms with Crippen LogP contribution in [0.15, 0.2) is 36.4 Å². The van der Waals surface area contributed by atoms with E-state index in [0.29, 0.717) is 29.5 Å². The number of nitrogens with zero attached hydrogens (tertiary/aromatic N) is 1. The second-order valence-corrected chi connectivity index (χ2v) is 6.89. The lowest BCUT2D eigenvalue weighted by molar-refractivity contribution is -0.134. The largest absolute Gasteiger partial charge is 0.493 e. The second kappa shape index (κ2) is 8.87. The van der Waals surface area contributed by atoms with Crippen LogP contribution >= 0.6 is 0 Å². The van der Waals surface area contributed by atoms with Crippen molar-refractivity contribution in [2.45, 2.75) is 32.4 Å². The van der Waals surface area contributed by atoms with Gasteiger partial charge in [0.2, 0.25) is 5.75 Å². The van der Waals surface area contributed by atoms with Crippen LogP contribution in [-0.4, -0.2) is 44.8 Å². The van der Waals surface area contributed by atoms with Crippen LogP contribution in [0, 0.1) is 6.92 Å². The number of carbonyl (C=O) groups is 1. The molecule has 0 bridgehead atoms. The molecule has 0 heterocycles. The van der Waals surface area contributed by atoms with Gasteiger partial charge in [0, 0.05) is 12.6 Å². The summed E-state index contributed by atoms with van der Waals surface area (Å²) in [7, 11) is 4.74. The normalized spacial score (nSPS) is 13.0. The van der Waals surface area contributed by atoms with E-state index in [2.05, 4.69) is 0 Å². The molecule has 150 valence electrons. The zero-order chi connectivity index (χ0) is 20.1. The molecule has 1 aliphatic carbocycles. The molecule has 28 heavy (non-hydrogen) atoms. The number of ether oxygens (including phenoxy) is 4. The average molecular weight is 385 g/mol. The Bertz CT molecular complexity index is 789. The quantitative estimate of drug-likeness (QED) is 0.660. The molecular weight excluding hydrogens is 358 g/mol. The number of hydrogen-bond donors (Lipinski definition) is 0. The molecule has 1 aliphatic rings. The number of methoxy groups -OCH3 is 3. The van der Waals surface area contributed by atoms with Crippen molar-refractivity contribution in [2.75, 3.05) is 27.9 Å². The summed E-state index contributed by atoms with van der Waals surface area (Å²) in [6.07, 6.45) is 2.03. The summed E-state index contributed by atoms with van der Waals surface area (Å²) >= 11 is 0. The Kier molecular flexibility index (Phi) is 6.29. The van der Waals surface area contributed by atoms with E-state index >= 15 is 0 Å². The van der Waals surface area contributed by atoms with Gasteiger partial charge in [-0.15, -0.1) is 0 Å². The highest BCUT2D eigenvalue weighted by atomic mass is 16.5. The number of rotatable bonds is 9. The van der Waals surface area contributed by atoms with Crippen molar-refractivity contribution in [1.29, 1.82) is 0 Å². The summed E-state index contributed by atoms with van der Waals surface area (Å²) in [5.74, 6) is 2.37. The van der Waals surface area contributed by atoms with Crippen molar-refractivity contribution >= 4 is 5.91 Å². The van der Waals surface area contributed by atoms with Crippen LogP contribution in [0.5, 0.6) is 23.0 Å². The molecule has 0 unspecified atom stereocenters. The van der Waals surface area contributed by atoms with Crippen LogP contribution < -0.4 is 18.9 Å². The summed E-state index contributed by atoms with van der Waals surface area (Å²) in [5.41, 5.74) is 2.07. The van der Waals surface area contributed by atoms with E-state index in [4.69, 9.17) is 18.9 Å². The van der Waals surface area contributed by atoms with Crippen LogP contribution in [0.25, 0.3) is 0 Å². The minimum absolute atomic E-state index is 0.0178. The zero-order valence-corrected chi connectivity index (χ0v) is 16.9. The predicted octanol–water partition coefficient (Wildman–Crippen LogP) is 3.59. The van der Waals surface area contributed by atoms with E-state index < -0.39 is 0 Å². The molecule has 6 nitrogen and oxygen atoms in total. The third-order valence-electron chi connectivity index (χ3n) is 4.77. The molecule has 0 saturated heterocycles. The van der Waals surface area contributed by atoms with Crippen molar-refractivity contribution in [3.63, 3.8) is 0 Å². The Morgan fingerprint density at radius 1 is 1.00 bits per heavy atom. The third-order valence-corrected chi connectivity index (χ3v) is 4.77. The molecule has 1 amide bonds. The first-order valence-electron chi connectivity index (χ1n) is 9.33. The van der Waals surface area contributed by atoms with Gasteiger partial charge in [0.1, 0.15) is 5.75 Å². The van der Waals surface area contributed by atoms with Gasteiger partial charge >= 0.3 is 0 Å². The van der Waals surface area contributed by atoms with Crippen molar-refractivity contribution in [3.8, 4) is 23.0 Å². The molecule has 3 rings (SSSR count). The van der Waals surface area contributed by atoms with Crippen molar-refractivity contribution in [2.24, 2.45) is 0 Å². The summed E-state index contributed by atoms with van der Waals surface area (Å²) in [5, 5.41) is 0. The Morgan fingerprint density at radius 2 is 1.61 bits per heavy atom. The fourth-order valence-electron chi connectivity index (χ4n) is 3.09. The molecule has 2 aromatic rings. The fraction of sp³-hybridized carbons (Fsp3) is 0.409. The van der Waals surface area contributed by atoms with E-state index in [-0.39, 0.29) is 18.6 Å². The molecule has 0 aliphatic heterocycles. The lowest BCUT2D eigenvalue weighted by atomic mass is 10.1. The maximum Gasteiger partial charge on any atom is 0.261 e. The van der Waals surface area contributed by atoms with E-state index in [1.54, 1.807) is 21.3 Å². The van der Waals surface area contributed by atoms with Crippen molar-refractivity contribution in [3.05, 3.63) is 47.5 Å². The van der Waals surface area contributed by atoms with Gasteiger partial charge in [0.15, 0.2) is 18.1 Å². The van der Waals surface area contributed by atoms with Gasteiger partial charge in [0.05, 0.1) is 21.3 Å². The smallest absolute Gasteiger partial charge is 0.261 e. The maximum absolute atomic E-state index is 12.8. The highest BCUT2D eigenvalue weighted by Crippen LogP contribution is 2.39. The number of benzene rings is 2. The van der Waals surface area contributed by atoms with Gasteiger partial charge in [0.25, 0.3) is 5.91 Å². The van der Waals surface area contributed by atoms with Gasteiger partial charge < -0.3 is 23.8 Å². The Labute approximate surface area is 166 Å². The molecule has 0 atom stereocenters. The van der Waals surface area contributed by atoms with E-state index in [1.165, 1.54) is 0 Å². The van der Waals surface area contributed by atoms with E-state index in [1.807, 2.05) is 48.2 Å². The highest BCUT2D eigenvalue weighted by molar-refractivity contribution is 5.78. The first-order chi connectivity index (χ1) is 13.5. The van der Waals surface area contributed by atoms with Gasteiger partial charge in [-0.3, -0.25) is 4.79 Å². The Balaban J connectivity index is 1.72. The summed E-state index contributed by atoms with van der Waals surface area (Å²) in [6, 6.07) is 11.7. The maximum atomic E-state index is 12.8. The zero-order valence-electron chi connectivity index (χ0n) is 16.9. The molecule has 0 aromatic heterocycles. The van der Waals surface area contributed by atoms with Crippen molar-refractivity contribution < 1.29 is 23.7 Å². The molecule has 0 N–H and O–H groups in total. The number of hydrogen-bond acceptors (Lipinski definition) is 5. The molecule has 0 radical (unpaired) electrons. The first-order valence-corrected chi connectivity index (χ1v) is 9.33. The molecule has 0 spiro atoms. The van der Waals surface area contributed by atoms with Crippen molar-refractivity contribution in [1.82, 2.24) is 4.90 Å². The minimum atomic E-state index is -0.0307. The summed E-state index contributed by atoms with van der Waals surface area (Å²) in [6.45, 7) is 2.50. The lowest BCUT2D eigenvalue weighted by Crippen LogP contribution is -2.36. The second-order valence-electron chi connectivity index (χ2n) is 6.89. The minimum Gasteiger partial charge on any atom is -0.493 e. The standard InChI is InChI=1S/C22H27NO5/c1-15-5-9-18(10-6-15)28-14-21(24)23(17-7-8-17)13-16-11-19(25-2)22(27-4)20(12-16)26-3/h5-6,9-12,17H,7-8,13-14H2,1-4H3. The molecule has 6 heteroatoms.